The molecular weight excluding hydrogens is 302 g/mol. The Morgan fingerprint density at radius 1 is 1.25 bits per heavy atom. The molecule has 126 valence electrons. The number of nitrogens with two attached hydrogens (primary N) is 1. The van der Waals surface area contributed by atoms with Crippen LogP contribution in [0.15, 0.2) is 42.7 Å². The summed E-state index contributed by atoms with van der Waals surface area (Å²) in [6.07, 6.45) is 5.24. The molecule has 1 atom stereocenters. The number of benzene rings is 1. The van der Waals surface area contributed by atoms with E-state index in [1.54, 1.807) is 0 Å². The molecule has 1 aromatic heterocycles. The van der Waals surface area contributed by atoms with E-state index < -0.39 is 0 Å². The van der Waals surface area contributed by atoms with Crippen molar-refractivity contribution in [1.82, 2.24) is 20.2 Å². The lowest BCUT2D eigenvalue weighted by atomic mass is 9.97. The highest BCUT2D eigenvalue weighted by atomic mass is 16.1. The first-order valence-corrected chi connectivity index (χ1v) is 8.33. The van der Waals surface area contributed by atoms with Crippen molar-refractivity contribution < 1.29 is 4.79 Å². The van der Waals surface area contributed by atoms with E-state index in [-0.39, 0.29) is 17.4 Å². The molecule has 1 amide bonds. The zero-order valence-corrected chi connectivity index (χ0v) is 13.7. The molecule has 0 spiro atoms. The molecule has 3 N–H and O–H groups in total. The van der Waals surface area contributed by atoms with Crippen LogP contribution in [0.1, 0.15) is 28.9 Å². The van der Waals surface area contributed by atoms with Gasteiger partial charge in [0.05, 0.1) is 0 Å². The molecule has 1 aliphatic rings. The van der Waals surface area contributed by atoms with Crippen molar-refractivity contribution in [3.05, 3.63) is 54.0 Å². The second-order valence-electron chi connectivity index (χ2n) is 6.23. The fourth-order valence-electron chi connectivity index (χ4n) is 3.15. The molecule has 1 aliphatic heterocycles. The molecule has 2 aromatic rings. The number of carbonyl (C=O) groups is 1. The number of rotatable bonds is 5. The third-order valence-electron chi connectivity index (χ3n) is 4.35. The Labute approximate surface area is 142 Å². The summed E-state index contributed by atoms with van der Waals surface area (Å²) in [6, 6.07) is 10.5. The maximum Gasteiger partial charge on any atom is 0.273 e. The van der Waals surface area contributed by atoms with Gasteiger partial charge in [-0.25, -0.2) is 9.97 Å². The summed E-state index contributed by atoms with van der Waals surface area (Å²) in [5.74, 6) is 0.370. The first-order chi connectivity index (χ1) is 11.7. The molecule has 1 aromatic carbocycles. The summed E-state index contributed by atoms with van der Waals surface area (Å²) < 4.78 is 0. The summed E-state index contributed by atoms with van der Waals surface area (Å²) in [5.41, 5.74) is 7.23. The Morgan fingerprint density at radius 2 is 2.04 bits per heavy atom. The lowest BCUT2D eigenvalue weighted by Crippen LogP contribution is -2.40. The van der Waals surface area contributed by atoms with Gasteiger partial charge in [-0.05, 0) is 30.9 Å². The van der Waals surface area contributed by atoms with Gasteiger partial charge in [0.25, 0.3) is 5.91 Å². The van der Waals surface area contributed by atoms with Crippen LogP contribution in [-0.2, 0) is 6.54 Å². The Hall–Kier alpha value is -2.47. The van der Waals surface area contributed by atoms with Crippen molar-refractivity contribution in [3.8, 4) is 0 Å². The van der Waals surface area contributed by atoms with Crippen LogP contribution >= 0.6 is 0 Å². The van der Waals surface area contributed by atoms with E-state index in [1.807, 2.05) is 6.07 Å². The topological polar surface area (TPSA) is 84.1 Å². The lowest BCUT2D eigenvalue weighted by molar-refractivity contribution is 0.0926. The highest BCUT2D eigenvalue weighted by Gasteiger charge is 2.21. The predicted molar refractivity (Wildman–Crippen MR) is 93.2 cm³/mol. The van der Waals surface area contributed by atoms with Crippen LogP contribution in [-0.4, -0.2) is 40.4 Å². The second-order valence-corrected chi connectivity index (χ2v) is 6.23. The summed E-state index contributed by atoms with van der Waals surface area (Å²) >= 11 is 0. The van der Waals surface area contributed by atoms with Gasteiger partial charge in [0.1, 0.15) is 0 Å². The highest BCUT2D eigenvalue weighted by Crippen LogP contribution is 2.18. The fraction of sp³-hybridized carbons (Fsp3) is 0.389. The number of carbonyl (C=O) groups excluding carboxylic acids is 1. The van der Waals surface area contributed by atoms with Gasteiger partial charge >= 0.3 is 0 Å². The highest BCUT2D eigenvalue weighted by molar-refractivity contribution is 5.96. The predicted octanol–water partition coefficient (Wildman–Crippen LogP) is 1.70. The standard InChI is InChI=1S/C18H23N5O/c19-17-16(20-8-9-21-17)18(24)22-11-15-7-4-10-23(13-15)12-14-5-2-1-3-6-14/h1-3,5-6,8-9,15H,4,7,10-13H2,(H2,19,21)(H,22,24). The average Bonchev–Trinajstić information content (AvgIpc) is 2.61. The van der Waals surface area contributed by atoms with Crippen LogP contribution in [0.5, 0.6) is 0 Å². The van der Waals surface area contributed by atoms with Gasteiger partial charge in [0, 0.05) is 32.0 Å². The number of amides is 1. The minimum Gasteiger partial charge on any atom is -0.382 e. The molecule has 1 unspecified atom stereocenters. The molecule has 24 heavy (non-hydrogen) atoms. The van der Waals surface area contributed by atoms with Gasteiger partial charge in [0.15, 0.2) is 11.5 Å². The largest absolute Gasteiger partial charge is 0.382 e. The van der Waals surface area contributed by atoms with Crippen LogP contribution in [0, 0.1) is 5.92 Å². The fourth-order valence-corrected chi connectivity index (χ4v) is 3.15. The van der Waals surface area contributed by atoms with E-state index in [1.165, 1.54) is 18.0 Å². The second kappa shape index (κ2) is 7.88. The quantitative estimate of drug-likeness (QED) is 0.874. The van der Waals surface area contributed by atoms with E-state index in [9.17, 15) is 4.79 Å². The average molecular weight is 325 g/mol. The number of aromatic nitrogens is 2. The maximum atomic E-state index is 12.2. The molecule has 0 radical (unpaired) electrons. The van der Waals surface area contributed by atoms with E-state index >= 15 is 0 Å². The van der Waals surface area contributed by atoms with Gasteiger partial charge < -0.3 is 11.1 Å². The van der Waals surface area contributed by atoms with Crippen LogP contribution < -0.4 is 11.1 Å². The molecule has 0 bridgehead atoms. The van der Waals surface area contributed by atoms with Gasteiger partial charge in [-0.1, -0.05) is 30.3 Å². The van der Waals surface area contributed by atoms with Gasteiger partial charge in [-0.15, -0.1) is 0 Å². The van der Waals surface area contributed by atoms with Crippen molar-refractivity contribution in [2.75, 3.05) is 25.4 Å². The number of piperidine rings is 1. The lowest BCUT2D eigenvalue weighted by Gasteiger charge is -2.32. The molecular formula is C18H23N5O. The molecule has 0 saturated carbocycles. The Morgan fingerprint density at radius 3 is 2.83 bits per heavy atom. The van der Waals surface area contributed by atoms with E-state index in [4.69, 9.17) is 5.73 Å². The molecule has 1 fully saturated rings. The number of likely N-dealkylation sites (tertiary alicyclic amines) is 1. The first-order valence-electron chi connectivity index (χ1n) is 8.33. The SMILES string of the molecule is Nc1nccnc1C(=O)NCC1CCCN(Cc2ccccc2)C1. The van der Waals surface area contributed by atoms with Crippen molar-refractivity contribution in [2.45, 2.75) is 19.4 Å². The van der Waals surface area contributed by atoms with Crippen molar-refractivity contribution >= 4 is 11.7 Å². The maximum absolute atomic E-state index is 12.2. The number of nitrogen functional groups attached to an aromatic ring is 1. The van der Waals surface area contributed by atoms with Gasteiger partial charge in [0.2, 0.25) is 0 Å². The molecule has 1 saturated heterocycles. The van der Waals surface area contributed by atoms with Crippen LogP contribution in [0.4, 0.5) is 5.82 Å². The molecule has 6 nitrogen and oxygen atoms in total. The normalized spacial score (nSPS) is 18.2. The summed E-state index contributed by atoms with van der Waals surface area (Å²) in [5, 5.41) is 2.95. The summed E-state index contributed by atoms with van der Waals surface area (Å²) in [6.45, 7) is 3.70. The third kappa shape index (κ3) is 4.29. The Bertz CT molecular complexity index is 676. The van der Waals surface area contributed by atoms with Crippen molar-refractivity contribution in [2.24, 2.45) is 5.92 Å². The number of nitrogens with one attached hydrogen (secondary N) is 1. The summed E-state index contributed by atoms with van der Waals surface area (Å²) in [4.78, 5) is 22.5. The minimum absolute atomic E-state index is 0.171. The monoisotopic (exact) mass is 325 g/mol. The van der Waals surface area contributed by atoms with Gasteiger partial charge in [-0.2, -0.15) is 0 Å². The van der Waals surface area contributed by atoms with Crippen molar-refractivity contribution in [3.63, 3.8) is 0 Å². The Balaban J connectivity index is 1.50. The van der Waals surface area contributed by atoms with E-state index in [0.717, 1.165) is 32.5 Å². The number of hydrogen-bond acceptors (Lipinski definition) is 5. The third-order valence-corrected chi connectivity index (χ3v) is 4.35. The Kier molecular flexibility index (Phi) is 5.38. The van der Waals surface area contributed by atoms with Crippen molar-refractivity contribution in [1.29, 1.82) is 0 Å². The number of hydrogen-bond donors (Lipinski definition) is 2. The molecule has 6 heteroatoms. The smallest absolute Gasteiger partial charge is 0.273 e. The molecule has 0 aliphatic carbocycles. The minimum atomic E-state index is -0.249. The van der Waals surface area contributed by atoms with Crippen LogP contribution in [0.3, 0.4) is 0 Å². The van der Waals surface area contributed by atoms with E-state index in [2.05, 4.69) is 44.5 Å². The van der Waals surface area contributed by atoms with E-state index in [0.29, 0.717) is 12.5 Å². The van der Waals surface area contributed by atoms with Gasteiger partial charge in [-0.3, -0.25) is 9.69 Å². The first kappa shape index (κ1) is 16.4. The molecule has 2 heterocycles. The summed E-state index contributed by atoms with van der Waals surface area (Å²) in [7, 11) is 0. The molecule has 3 rings (SSSR count). The van der Waals surface area contributed by atoms with Crippen LogP contribution in [0.25, 0.3) is 0 Å². The number of anilines is 1. The number of nitrogens with zero attached hydrogens (tertiary/aromatic N) is 3. The van der Waals surface area contributed by atoms with Crippen LogP contribution in [0.2, 0.25) is 0 Å². The zero-order valence-electron chi connectivity index (χ0n) is 13.7. The zero-order chi connectivity index (χ0) is 16.8.